The van der Waals surface area contributed by atoms with Crippen molar-refractivity contribution >= 4 is 20.2 Å². The second kappa shape index (κ2) is 11.5. The molecule has 0 heterocycles. The zero-order valence-corrected chi connectivity index (χ0v) is 23.6. The fourth-order valence-electron chi connectivity index (χ4n) is 4.19. The van der Waals surface area contributed by atoms with Crippen LogP contribution in [0.1, 0.15) is 41.5 Å². The summed E-state index contributed by atoms with van der Waals surface area (Å²) in [6.45, 7) is 4.92. The number of aryl methyl sites for hydroxylation is 2. The third-order valence-electron chi connectivity index (χ3n) is 6.24. The molecule has 0 bridgehead atoms. The van der Waals surface area contributed by atoms with Crippen molar-refractivity contribution in [3.05, 3.63) is 118 Å². The van der Waals surface area contributed by atoms with Crippen LogP contribution in [0, 0.1) is 37.1 Å². The summed E-state index contributed by atoms with van der Waals surface area (Å²) in [4.78, 5) is -0.647. The molecule has 0 radical (unpaired) electrons. The molecule has 0 amide bonds. The largest absolute Gasteiger partial charge is 0.375 e. The predicted octanol–water partition coefficient (Wildman–Crippen LogP) is 6.94. The maximum atomic E-state index is 15.1. The summed E-state index contributed by atoms with van der Waals surface area (Å²) in [5.74, 6) is -8.30. The van der Waals surface area contributed by atoms with Crippen LogP contribution in [0.15, 0.2) is 82.6 Å². The van der Waals surface area contributed by atoms with Gasteiger partial charge in [0.05, 0.1) is 0 Å². The van der Waals surface area contributed by atoms with Gasteiger partial charge in [-0.2, -0.15) is 16.8 Å². The molecule has 0 fully saturated rings. The molecule has 0 saturated carbocycles. The molecule has 0 unspecified atom stereocenters. The van der Waals surface area contributed by atoms with Gasteiger partial charge in [-0.3, -0.25) is 0 Å². The number of halogens is 4. The molecule has 6 nitrogen and oxygen atoms in total. The van der Waals surface area contributed by atoms with E-state index >= 15 is 8.78 Å². The lowest BCUT2D eigenvalue weighted by Gasteiger charge is -2.23. The second-order valence-electron chi connectivity index (χ2n) is 9.27. The maximum absolute atomic E-state index is 15.1. The zero-order chi connectivity index (χ0) is 30.1. The van der Waals surface area contributed by atoms with Crippen LogP contribution in [0.25, 0.3) is 0 Å². The molecular weight excluding hydrogens is 584 g/mol. The lowest BCUT2D eigenvalue weighted by molar-refractivity contribution is 0.442. The molecule has 41 heavy (non-hydrogen) atoms. The Kier molecular flexibility index (Phi) is 8.46. The Hall–Kier alpha value is -3.90. The first kappa shape index (κ1) is 30.1. The molecule has 0 aliphatic rings. The minimum absolute atomic E-state index is 0.131. The average molecular weight is 609 g/mol. The zero-order valence-electron chi connectivity index (χ0n) is 22.0. The van der Waals surface area contributed by atoms with Crippen LogP contribution < -0.4 is 8.37 Å². The Morgan fingerprint density at radius 3 is 1.27 bits per heavy atom. The summed E-state index contributed by atoms with van der Waals surface area (Å²) in [5.41, 5.74) is 0.598. The van der Waals surface area contributed by atoms with Gasteiger partial charge in [0.25, 0.3) is 0 Å². The Labute approximate surface area is 235 Å². The van der Waals surface area contributed by atoms with Gasteiger partial charge < -0.3 is 8.37 Å². The first-order valence-corrected chi connectivity index (χ1v) is 15.0. The van der Waals surface area contributed by atoms with Gasteiger partial charge >= 0.3 is 20.2 Å². The summed E-state index contributed by atoms with van der Waals surface area (Å²) in [7, 11) is -9.29. The lowest BCUT2D eigenvalue weighted by atomic mass is 9.87. The van der Waals surface area contributed by atoms with Crippen LogP contribution in [-0.4, -0.2) is 16.8 Å². The SMILES string of the molecule is CCC(c1cc(F)cc(F)c1OS(=O)(=O)c1ccc(C)cc1)c1cc(F)cc(F)c1OS(=O)(=O)c1ccc(C)cc1. The van der Waals surface area contributed by atoms with Crippen molar-refractivity contribution in [1.29, 1.82) is 0 Å². The Bertz CT molecular complexity index is 1670. The van der Waals surface area contributed by atoms with Crippen molar-refractivity contribution < 1.29 is 42.8 Å². The van der Waals surface area contributed by atoms with Gasteiger partial charge in [-0.25, -0.2) is 17.6 Å². The van der Waals surface area contributed by atoms with E-state index in [-0.39, 0.29) is 16.2 Å². The molecule has 0 aliphatic heterocycles. The minimum Gasteiger partial charge on any atom is -0.375 e. The van der Waals surface area contributed by atoms with E-state index in [0.717, 1.165) is 23.3 Å². The van der Waals surface area contributed by atoms with E-state index < -0.39 is 72.0 Å². The van der Waals surface area contributed by atoms with Gasteiger partial charge in [-0.1, -0.05) is 42.3 Å². The topological polar surface area (TPSA) is 86.7 Å². The molecule has 4 aromatic carbocycles. The highest BCUT2D eigenvalue weighted by Gasteiger charge is 2.31. The molecule has 216 valence electrons. The third kappa shape index (κ3) is 6.54. The fourth-order valence-corrected chi connectivity index (χ4v) is 6.11. The highest BCUT2D eigenvalue weighted by Crippen LogP contribution is 2.43. The van der Waals surface area contributed by atoms with Crippen molar-refractivity contribution in [3.63, 3.8) is 0 Å². The lowest BCUT2D eigenvalue weighted by Crippen LogP contribution is -2.16. The van der Waals surface area contributed by atoms with Gasteiger partial charge in [-0.05, 0) is 56.7 Å². The van der Waals surface area contributed by atoms with E-state index in [1.807, 2.05) is 0 Å². The molecule has 0 spiro atoms. The number of benzene rings is 4. The molecule has 0 atom stereocenters. The van der Waals surface area contributed by atoms with E-state index in [1.165, 1.54) is 55.5 Å². The van der Waals surface area contributed by atoms with Gasteiger partial charge in [0, 0.05) is 29.2 Å². The minimum atomic E-state index is -4.64. The molecule has 4 aromatic rings. The van der Waals surface area contributed by atoms with Crippen LogP contribution in [-0.2, 0) is 20.2 Å². The smallest absolute Gasteiger partial charge is 0.339 e. The van der Waals surface area contributed by atoms with Crippen LogP contribution in [0.4, 0.5) is 17.6 Å². The normalized spacial score (nSPS) is 12.0. The van der Waals surface area contributed by atoms with Gasteiger partial charge in [0.2, 0.25) is 0 Å². The van der Waals surface area contributed by atoms with Crippen molar-refractivity contribution in [1.82, 2.24) is 0 Å². The van der Waals surface area contributed by atoms with Crippen molar-refractivity contribution in [2.24, 2.45) is 0 Å². The first-order valence-electron chi connectivity index (χ1n) is 12.2. The number of rotatable bonds is 9. The number of hydrogen-bond acceptors (Lipinski definition) is 6. The van der Waals surface area contributed by atoms with Gasteiger partial charge in [0.1, 0.15) is 21.4 Å². The van der Waals surface area contributed by atoms with Crippen LogP contribution in [0.5, 0.6) is 11.5 Å². The Morgan fingerprint density at radius 1 is 0.610 bits per heavy atom. The van der Waals surface area contributed by atoms with Crippen LogP contribution >= 0.6 is 0 Å². The fraction of sp³-hybridized carbons (Fsp3) is 0.172. The third-order valence-corrected chi connectivity index (χ3v) is 8.71. The monoisotopic (exact) mass is 608 g/mol. The molecule has 0 N–H and O–H groups in total. The van der Waals surface area contributed by atoms with E-state index in [1.54, 1.807) is 13.8 Å². The van der Waals surface area contributed by atoms with E-state index in [2.05, 4.69) is 0 Å². The summed E-state index contributed by atoms with van der Waals surface area (Å²) in [6.07, 6.45) is -0.131. The molecular formula is C29H24F4O6S2. The van der Waals surface area contributed by atoms with Crippen molar-refractivity contribution in [3.8, 4) is 11.5 Å². The highest BCUT2D eigenvalue weighted by molar-refractivity contribution is 7.87. The van der Waals surface area contributed by atoms with E-state index in [4.69, 9.17) is 8.37 Å². The molecule has 0 saturated heterocycles. The van der Waals surface area contributed by atoms with Crippen LogP contribution in [0.2, 0.25) is 0 Å². The number of hydrogen-bond donors (Lipinski definition) is 0. The highest BCUT2D eigenvalue weighted by atomic mass is 32.2. The predicted molar refractivity (Wildman–Crippen MR) is 143 cm³/mol. The summed E-state index contributed by atoms with van der Waals surface area (Å²) in [6, 6.07) is 13.1. The molecule has 4 rings (SSSR count). The summed E-state index contributed by atoms with van der Waals surface area (Å²) < 4.78 is 121. The molecule has 0 aliphatic carbocycles. The summed E-state index contributed by atoms with van der Waals surface area (Å²) in [5, 5.41) is 0. The maximum Gasteiger partial charge on any atom is 0.339 e. The van der Waals surface area contributed by atoms with Gasteiger partial charge in [0.15, 0.2) is 23.1 Å². The average Bonchev–Trinajstić information content (AvgIpc) is 2.89. The van der Waals surface area contributed by atoms with Crippen molar-refractivity contribution in [2.75, 3.05) is 0 Å². The standard InChI is InChI=1S/C29H24F4O6S2/c1-4-23(24-13-19(30)15-26(32)28(24)38-40(34,35)21-9-5-17(2)6-10-21)25-14-20(31)16-27(33)29(25)39-41(36,37)22-11-7-18(3)8-12-22/h5-16,23H,4H2,1-3H3. The van der Waals surface area contributed by atoms with E-state index in [0.29, 0.717) is 12.1 Å². The van der Waals surface area contributed by atoms with E-state index in [9.17, 15) is 25.6 Å². The first-order chi connectivity index (χ1) is 19.2. The second-order valence-corrected chi connectivity index (χ2v) is 12.4. The Morgan fingerprint density at radius 2 is 0.951 bits per heavy atom. The van der Waals surface area contributed by atoms with Gasteiger partial charge in [-0.15, -0.1) is 0 Å². The quantitative estimate of drug-likeness (QED) is 0.151. The molecule has 0 aromatic heterocycles. The Balaban J connectivity index is 1.86. The summed E-state index contributed by atoms with van der Waals surface area (Å²) >= 11 is 0. The van der Waals surface area contributed by atoms with Crippen LogP contribution in [0.3, 0.4) is 0 Å². The van der Waals surface area contributed by atoms with Crippen molar-refractivity contribution in [2.45, 2.75) is 42.9 Å². The molecule has 12 heteroatoms.